The monoisotopic (exact) mass is 297 g/mol. The molecule has 0 aliphatic rings. The Balaban J connectivity index is 1.93. The number of hydrogen-bond donors (Lipinski definition) is 2. The fourth-order valence-corrected chi connectivity index (χ4v) is 2.39. The number of halogens is 2. The van der Waals surface area contributed by atoms with Gasteiger partial charge in [-0.05, 0) is 30.3 Å². The maximum Gasteiger partial charge on any atom is 0.155 e. The fraction of sp³-hybridized carbons (Fsp3) is 0. The molecule has 0 aliphatic carbocycles. The topological polar surface area (TPSA) is 70.2 Å². The largest absolute Gasteiger partial charge is 0.277 e. The second kappa shape index (κ2) is 4.73. The second-order valence-electron chi connectivity index (χ2n) is 4.79. The van der Waals surface area contributed by atoms with Crippen molar-refractivity contribution in [2.75, 3.05) is 0 Å². The lowest BCUT2D eigenvalue weighted by molar-refractivity contribution is 0.585. The standard InChI is InChI=1S/C15H9F2N5/c16-9-2-3-10(12(17)6-9)14-11-5-8(15-18-7-19-22-15)1-4-13(11)20-21-14/h1-7H,(H,20,21)(H,18,19,22). The minimum Gasteiger partial charge on any atom is -0.277 e. The molecule has 0 aliphatic heterocycles. The molecule has 0 saturated heterocycles. The third-order valence-corrected chi connectivity index (χ3v) is 3.44. The van der Waals surface area contributed by atoms with E-state index in [1.807, 2.05) is 18.2 Å². The summed E-state index contributed by atoms with van der Waals surface area (Å²) in [7, 11) is 0. The van der Waals surface area contributed by atoms with Crippen LogP contribution in [0, 0.1) is 11.6 Å². The van der Waals surface area contributed by atoms with Crippen LogP contribution in [0.4, 0.5) is 8.78 Å². The van der Waals surface area contributed by atoms with Gasteiger partial charge in [0.05, 0.1) is 5.52 Å². The smallest absolute Gasteiger partial charge is 0.155 e. The summed E-state index contributed by atoms with van der Waals surface area (Å²) in [4.78, 5) is 4.09. The van der Waals surface area contributed by atoms with Crippen LogP contribution in [0.1, 0.15) is 0 Å². The number of benzene rings is 2. The molecule has 0 fully saturated rings. The number of aromatic amines is 2. The van der Waals surface area contributed by atoms with Gasteiger partial charge in [0.2, 0.25) is 0 Å². The normalized spacial score (nSPS) is 11.2. The molecular formula is C15H9F2N5. The van der Waals surface area contributed by atoms with Crippen LogP contribution in [-0.2, 0) is 0 Å². The van der Waals surface area contributed by atoms with E-state index in [1.54, 1.807) is 0 Å². The summed E-state index contributed by atoms with van der Waals surface area (Å²) in [5.74, 6) is -0.671. The maximum absolute atomic E-state index is 14.0. The van der Waals surface area contributed by atoms with Gasteiger partial charge in [-0.15, -0.1) is 0 Å². The van der Waals surface area contributed by atoms with Crippen molar-refractivity contribution < 1.29 is 8.78 Å². The zero-order chi connectivity index (χ0) is 15.1. The highest BCUT2D eigenvalue weighted by molar-refractivity contribution is 5.95. The molecule has 2 aromatic carbocycles. The third-order valence-electron chi connectivity index (χ3n) is 3.44. The molecule has 22 heavy (non-hydrogen) atoms. The molecule has 0 bridgehead atoms. The lowest BCUT2D eigenvalue weighted by Crippen LogP contribution is -1.87. The Bertz CT molecular complexity index is 959. The van der Waals surface area contributed by atoms with Gasteiger partial charge in [0, 0.05) is 22.6 Å². The molecule has 2 heterocycles. The van der Waals surface area contributed by atoms with Crippen LogP contribution < -0.4 is 0 Å². The van der Waals surface area contributed by atoms with E-state index in [0.717, 1.165) is 22.5 Å². The van der Waals surface area contributed by atoms with Crippen LogP contribution >= 0.6 is 0 Å². The highest BCUT2D eigenvalue weighted by atomic mass is 19.1. The SMILES string of the molecule is Fc1ccc(-c2n[nH]c3ccc(-c4ncn[nH]4)cc23)c(F)c1. The number of rotatable bonds is 2. The van der Waals surface area contributed by atoms with Crippen molar-refractivity contribution in [1.29, 1.82) is 0 Å². The summed E-state index contributed by atoms with van der Waals surface area (Å²) in [5, 5.41) is 14.3. The zero-order valence-electron chi connectivity index (χ0n) is 11.1. The quantitative estimate of drug-likeness (QED) is 0.596. The Labute approximate surface area is 123 Å². The van der Waals surface area contributed by atoms with Gasteiger partial charge < -0.3 is 0 Å². The summed E-state index contributed by atoms with van der Waals surface area (Å²) in [6.07, 6.45) is 1.41. The molecule has 7 heteroatoms. The second-order valence-corrected chi connectivity index (χ2v) is 4.79. The van der Waals surface area contributed by atoms with E-state index in [-0.39, 0.29) is 5.56 Å². The van der Waals surface area contributed by atoms with Gasteiger partial charge in [0.25, 0.3) is 0 Å². The van der Waals surface area contributed by atoms with Crippen molar-refractivity contribution in [2.24, 2.45) is 0 Å². The van der Waals surface area contributed by atoms with Gasteiger partial charge in [-0.2, -0.15) is 10.2 Å². The first-order valence-electron chi connectivity index (χ1n) is 6.51. The van der Waals surface area contributed by atoms with E-state index in [9.17, 15) is 8.78 Å². The molecule has 4 aromatic rings. The average molecular weight is 297 g/mol. The van der Waals surface area contributed by atoms with Crippen molar-refractivity contribution in [2.45, 2.75) is 0 Å². The summed E-state index contributed by atoms with van der Waals surface area (Å²) in [6, 6.07) is 8.94. The van der Waals surface area contributed by atoms with Crippen molar-refractivity contribution in [1.82, 2.24) is 25.4 Å². The number of nitrogens with zero attached hydrogens (tertiary/aromatic N) is 3. The fourth-order valence-electron chi connectivity index (χ4n) is 2.39. The van der Waals surface area contributed by atoms with Gasteiger partial charge in [0.15, 0.2) is 5.82 Å². The molecule has 0 amide bonds. The maximum atomic E-state index is 14.0. The summed E-state index contributed by atoms with van der Waals surface area (Å²) in [5.41, 5.74) is 2.22. The van der Waals surface area contributed by atoms with Crippen LogP contribution in [0.2, 0.25) is 0 Å². The summed E-state index contributed by atoms with van der Waals surface area (Å²) >= 11 is 0. The number of aromatic nitrogens is 5. The molecule has 0 atom stereocenters. The van der Waals surface area contributed by atoms with E-state index < -0.39 is 11.6 Å². The Morgan fingerprint density at radius 2 is 1.86 bits per heavy atom. The molecule has 0 radical (unpaired) electrons. The van der Waals surface area contributed by atoms with Crippen LogP contribution in [0.5, 0.6) is 0 Å². The molecule has 0 saturated carbocycles. The molecule has 2 aromatic heterocycles. The highest BCUT2D eigenvalue weighted by Crippen LogP contribution is 2.31. The summed E-state index contributed by atoms with van der Waals surface area (Å²) in [6.45, 7) is 0. The Morgan fingerprint density at radius 1 is 0.955 bits per heavy atom. The third kappa shape index (κ3) is 1.95. The van der Waals surface area contributed by atoms with Gasteiger partial charge in [-0.3, -0.25) is 10.2 Å². The molecule has 2 N–H and O–H groups in total. The van der Waals surface area contributed by atoms with Crippen molar-refractivity contribution >= 4 is 10.9 Å². The van der Waals surface area contributed by atoms with Gasteiger partial charge in [-0.1, -0.05) is 0 Å². The first kappa shape index (κ1) is 12.6. The van der Waals surface area contributed by atoms with Crippen LogP contribution in [0.25, 0.3) is 33.5 Å². The first-order valence-corrected chi connectivity index (χ1v) is 6.51. The van der Waals surface area contributed by atoms with Gasteiger partial charge >= 0.3 is 0 Å². The summed E-state index contributed by atoms with van der Waals surface area (Å²) < 4.78 is 27.1. The van der Waals surface area contributed by atoms with Crippen molar-refractivity contribution in [3.8, 4) is 22.6 Å². The van der Waals surface area contributed by atoms with Gasteiger partial charge in [0.1, 0.15) is 23.7 Å². The number of hydrogen-bond acceptors (Lipinski definition) is 3. The molecule has 4 rings (SSSR count). The Morgan fingerprint density at radius 3 is 2.64 bits per heavy atom. The van der Waals surface area contributed by atoms with Gasteiger partial charge in [-0.25, -0.2) is 13.8 Å². The van der Waals surface area contributed by atoms with Crippen molar-refractivity contribution in [3.63, 3.8) is 0 Å². The minimum atomic E-state index is -0.654. The lowest BCUT2D eigenvalue weighted by atomic mass is 10.0. The van der Waals surface area contributed by atoms with Crippen LogP contribution in [0.3, 0.4) is 0 Å². The predicted octanol–water partition coefficient (Wildman–Crippen LogP) is 3.29. The van der Waals surface area contributed by atoms with Crippen LogP contribution in [-0.4, -0.2) is 25.4 Å². The van der Waals surface area contributed by atoms with Crippen molar-refractivity contribution in [3.05, 3.63) is 54.4 Å². The minimum absolute atomic E-state index is 0.238. The first-order chi connectivity index (χ1) is 10.7. The number of H-pyrrole nitrogens is 2. The Hall–Kier alpha value is -3.09. The Kier molecular flexibility index (Phi) is 2.72. The number of nitrogens with one attached hydrogen (secondary N) is 2. The highest BCUT2D eigenvalue weighted by Gasteiger charge is 2.14. The van der Waals surface area contributed by atoms with E-state index >= 15 is 0 Å². The van der Waals surface area contributed by atoms with E-state index in [1.165, 1.54) is 18.5 Å². The number of fused-ring (bicyclic) bond motifs is 1. The van der Waals surface area contributed by atoms with E-state index in [0.29, 0.717) is 11.5 Å². The predicted molar refractivity (Wildman–Crippen MR) is 76.8 cm³/mol. The van der Waals surface area contributed by atoms with Crippen LogP contribution in [0.15, 0.2) is 42.7 Å². The zero-order valence-corrected chi connectivity index (χ0v) is 11.1. The van der Waals surface area contributed by atoms with E-state index in [4.69, 9.17) is 0 Å². The lowest BCUT2D eigenvalue weighted by Gasteiger charge is -2.02. The molecule has 108 valence electrons. The molecular weight excluding hydrogens is 288 g/mol. The molecule has 0 spiro atoms. The van der Waals surface area contributed by atoms with E-state index in [2.05, 4.69) is 25.4 Å². The average Bonchev–Trinajstić information content (AvgIpc) is 3.16. The molecule has 0 unspecified atom stereocenters. The molecule has 5 nitrogen and oxygen atoms in total.